The topological polar surface area (TPSA) is 40.5 Å². The Labute approximate surface area is 133 Å². The lowest BCUT2D eigenvalue weighted by Gasteiger charge is -2.32. The summed E-state index contributed by atoms with van der Waals surface area (Å²) in [5.41, 5.74) is 1.52. The van der Waals surface area contributed by atoms with Crippen molar-refractivity contribution in [3.63, 3.8) is 0 Å². The number of nitrogens with zero attached hydrogens (tertiary/aromatic N) is 1. The number of rotatable bonds is 1. The quantitative estimate of drug-likeness (QED) is 0.744. The molecule has 1 saturated heterocycles. The zero-order chi connectivity index (χ0) is 14.8. The summed E-state index contributed by atoms with van der Waals surface area (Å²) >= 11 is 2.31. The average Bonchev–Trinajstić information content (AvgIpc) is 2.88. The second-order valence-electron chi connectivity index (χ2n) is 7.24. The van der Waals surface area contributed by atoms with Gasteiger partial charge >= 0.3 is 6.09 Å². The van der Waals surface area contributed by atoms with Crippen LogP contribution in [0.15, 0.2) is 24.3 Å². The van der Waals surface area contributed by atoms with Crippen molar-refractivity contribution in [2.75, 3.05) is 13.1 Å². The van der Waals surface area contributed by atoms with Gasteiger partial charge in [0, 0.05) is 27.5 Å². The number of amides is 1. The van der Waals surface area contributed by atoms with Gasteiger partial charge in [-0.3, -0.25) is 0 Å². The van der Waals surface area contributed by atoms with E-state index in [2.05, 4.69) is 67.6 Å². The molecule has 2 atom stereocenters. The van der Waals surface area contributed by atoms with Crippen molar-refractivity contribution in [2.45, 2.75) is 32.6 Å². The van der Waals surface area contributed by atoms with E-state index in [0.717, 1.165) is 6.42 Å². The minimum absolute atomic E-state index is 0.0218. The molecule has 1 saturated carbocycles. The molecule has 108 valence electrons. The Morgan fingerprint density at radius 2 is 1.85 bits per heavy atom. The van der Waals surface area contributed by atoms with Gasteiger partial charge < -0.3 is 10.0 Å². The van der Waals surface area contributed by atoms with Crippen LogP contribution >= 0.6 is 22.6 Å². The van der Waals surface area contributed by atoms with Crippen LogP contribution in [0.5, 0.6) is 0 Å². The second-order valence-corrected chi connectivity index (χ2v) is 8.48. The van der Waals surface area contributed by atoms with Gasteiger partial charge in [0.25, 0.3) is 0 Å². The predicted molar refractivity (Wildman–Crippen MR) is 86.9 cm³/mol. The van der Waals surface area contributed by atoms with Gasteiger partial charge in [-0.15, -0.1) is 0 Å². The normalized spacial score (nSPS) is 32.1. The lowest BCUT2D eigenvalue weighted by molar-refractivity contribution is 0.133. The van der Waals surface area contributed by atoms with Crippen molar-refractivity contribution < 1.29 is 9.90 Å². The van der Waals surface area contributed by atoms with Gasteiger partial charge in [0.05, 0.1) is 0 Å². The van der Waals surface area contributed by atoms with E-state index in [9.17, 15) is 9.90 Å². The Morgan fingerprint density at radius 1 is 1.25 bits per heavy atom. The molecule has 4 heteroatoms. The summed E-state index contributed by atoms with van der Waals surface area (Å²) in [5.74, 6) is 0. The highest BCUT2D eigenvalue weighted by Crippen LogP contribution is 2.75. The number of hydrogen-bond acceptors (Lipinski definition) is 1. The van der Waals surface area contributed by atoms with Gasteiger partial charge in [0.15, 0.2) is 0 Å². The summed E-state index contributed by atoms with van der Waals surface area (Å²) in [7, 11) is 0. The molecule has 1 aromatic carbocycles. The largest absolute Gasteiger partial charge is 0.465 e. The van der Waals surface area contributed by atoms with E-state index in [1.165, 1.54) is 9.13 Å². The molecule has 0 aromatic heterocycles. The van der Waals surface area contributed by atoms with E-state index >= 15 is 0 Å². The van der Waals surface area contributed by atoms with E-state index in [0.29, 0.717) is 13.1 Å². The molecule has 0 unspecified atom stereocenters. The lowest BCUT2D eigenvalue weighted by Crippen LogP contribution is -2.34. The Kier molecular flexibility index (Phi) is 2.92. The molecule has 0 spiro atoms. The molecule has 3 nitrogen and oxygen atoms in total. The Bertz CT molecular complexity index is 563. The third-order valence-electron chi connectivity index (χ3n) is 5.42. The molecule has 1 aliphatic heterocycles. The monoisotopic (exact) mass is 385 g/mol. The first kappa shape index (κ1) is 14.2. The first-order valence-electron chi connectivity index (χ1n) is 6.96. The fourth-order valence-electron chi connectivity index (χ4n) is 4.19. The Balaban J connectivity index is 2.04. The van der Waals surface area contributed by atoms with Crippen LogP contribution in [0.3, 0.4) is 0 Å². The SMILES string of the molecule is CC(C)(C)[C@]12CN(C(=O)O)C[C@]1(c1ccc(I)cc1)C2. The molecule has 1 N–H and O–H groups in total. The van der Waals surface area contributed by atoms with Crippen LogP contribution in [0.4, 0.5) is 4.79 Å². The second kappa shape index (κ2) is 4.12. The smallest absolute Gasteiger partial charge is 0.407 e. The number of likely N-dealkylation sites (tertiary alicyclic amines) is 1. The fourth-order valence-corrected chi connectivity index (χ4v) is 4.55. The van der Waals surface area contributed by atoms with Crippen molar-refractivity contribution in [1.29, 1.82) is 0 Å². The third-order valence-corrected chi connectivity index (χ3v) is 6.14. The minimum atomic E-state index is -0.786. The van der Waals surface area contributed by atoms with Gasteiger partial charge in [-0.25, -0.2) is 4.79 Å². The van der Waals surface area contributed by atoms with Crippen LogP contribution in [0, 0.1) is 14.4 Å². The number of piperidine rings is 1. The van der Waals surface area contributed by atoms with E-state index in [1.54, 1.807) is 4.90 Å². The van der Waals surface area contributed by atoms with Crippen LogP contribution in [-0.2, 0) is 5.41 Å². The Morgan fingerprint density at radius 3 is 2.35 bits per heavy atom. The Hall–Kier alpha value is -0.780. The van der Waals surface area contributed by atoms with Gasteiger partial charge in [-0.2, -0.15) is 0 Å². The van der Waals surface area contributed by atoms with E-state index in [1.807, 2.05) is 0 Å². The van der Waals surface area contributed by atoms with Crippen LogP contribution in [-0.4, -0.2) is 29.2 Å². The third kappa shape index (κ3) is 1.73. The zero-order valence-electron chi connectivity index (χ0n) is 12.1. The summed E-state index contributed by atoms with van der Waals surface area (Å²) in [6.45, 7) is 8.03. The van der Waals surface area contributed by atoms with Crippen molar-refractivity contribution >= 4 is 28.7 Å². The minimum Gasteiger partial charge on any atom is -0.465 e. The van der Waals surface area contributed by atoms with Crippen molar-refractivity contribution in [3.05, 3.63) is 33.4 Å². The van der Waals surface area contributed by atoms with Crippen LogP contribution in [0.25, 0.3) is 0 Å². The number of hydrogen-bond donors (Lipinski definition) is 1. The molecule has 3 rings (SSSR count). The maximum atomic E-state index is 11.4. The number of benzene rings is 1. The van der Waals surface area contributed by atoms with Crippen LogP contribution in [0.1, 0.15) is 32.8 Å². The molecule has 1 heterocycles. The summed E-state index contributed by atoms with van der Waals surface area (Å²) < 4.78 is 1.22. The summed E-state index contributed by atoms with van der Waals surface area (Å²) in [5, 5.41) is 9.36. The molecule has 0 bridgehead atoms. The number of fused-ring (bicyclic) bond motifs is 1. The van der Waals surface area contributed by atoms with Gasteiger partial charge in [0.2, 0.25) is 0 Å². The standard InChI is InChI=1S/C16H20INO2/c1-14(2,3)16-8-15(16,9-18(10-16)13(19)20)11-4-6-12(17)7-5-11/h4-7H,8-10H2,1-3H3,(H,19,20)/t15-,16-/m0/s1. The molecule has 2 aliphatic rings. The summed E-state index contributed by atoms with van der Waals surface area (Å²) in [4.78, 5) is 13.0. The van der Waals surface area contributed by atoms with Gasteiger partial charge in [0.1, 0.15) is 0 Å². The lowest BCUT2D eigenvalue weighted by atomic mass is 9.72. The first-order chi connectivity index (χ1) is 9.22. The summed E-state index contributed by atoms with van der Waals surface area (Å²) in [6, 6.07) is 8.61. The molecule has 1 aromatic rings. The van der Waals surface area contributed by atoms with Crippen LogP contribution in [0.2, 0.25) is 0 Å². The van der Waals surface area contributed by atoms with E-state index in [-0.39, 0.29) is 16.2 Å². The summed E-state index contributed by atoms with van der Waals surface area (Å²) in [6.07, 6.45) is 0.319. The maximum absolute atomic E-state index is 11.4. The van der Waals surface area contributed by atoms with Gasteiger partial charge in [-0.1, -0.05) is 32.9 Å². The molecular weight excluding hydrogens is 365 g/mol. The number of carboxylic acid groups (broad SMARTS) is 1. The van der Waals surface area contributed by atoms with Crippen molar-refractivity contribution in [2.24, 2.45) is 10.8 Å². The highest BCUT2D eigenvalue weighted by atomic mass is 127. The number of halogens is 1. The van der Waals surface area contributed by atoms with E-state index in [4.69, 9.17) is 0 Å². The zero-order valence-corrected chi connectivity index (χ0v) is 14.3. The number of carbonyl (C=O) groups is 1. The molecule has 2 fully saturated rings. The highest BCUT2D eigenvalue weighted by Gasteiger charge is 2.77. The van der Waals surface area contributed by atoms with Gasteiger partial charge in [-0.05, 0) is 52.1 Å². The molecule has 1 aliphatic carbocycles. The first-order valence-corrected chi connectivity index (χ1v) is 8.04. The van der Waals surface area contributed by atoms with Crippen molar-refractivity contribution in [3.8, 4) is 0 Å². The van der Waals surface area contributed by atoms with Crippen LogP contribution < -0.4 is 0 Å². The molecular formula is C16H20INO2. The molecule has 20 heavy (non-hydrogen) atoms. The predicted octanol–water partition coefficient (Wildman–Crippen LogP) is 3.96. The highest BCUT2D eigenvalue weighted by molar-refractivity contribution is 14.1. The van der Waals surface area contributed by atoms with E-state index < -0.39 is 6.09 Å². The average molecular weight is 385 g/mol. The fraction of sp³-hybridized carbons (Fsp3) is 0.562. The molecule has 1 amide bonds. The van der Waals surface area contributed by atoms with Crippen molar-refractivity contribution in [1.82, 2.24) is 4.90 Å². The molecule has 0 radical (unpaired) electrons. The maximum Gasteiger partial charge on any atom is 0.407 e.